The first-order valence-corrected chi connectivity index (χ1v) is 6.18. The Morgan fingerprint density at radius 1 is 1.56 bits per heavy atom. The molecule has 1 heterocycles. The third-order valence-electron chi connectivity index (χ3n) is 3.34. The van der Waals surface area contributed by atoms with E-state index >= 15 is 0 Å². The summed E-state index contributed by atoms with van der Waals surface area (Å²) in [5, 5.41) is 3.25. The average molecular weight is 250 g/mol. The second kappa shape index (κ2) is 5.35. The molecule has 0 fully saturated rings. The van der Waals surface area contributed by atoms with Crippen LogP contribution in [0.4, 0.5) is 0 Å². The molecule has 2 rings (SSSR count). The molecule has 1 unspecified atom stereocenters. The van der Waals surface area contributed by atoms with Crippen LogP contribution in [0.25, 0.3) is 0 Å². The Kier molecular flexibility index (Phi) is 3.81. The third-order valence-corrected chi connectivity index (χ3v) is 3.34. The summed E-state index contributed by atoms with van der Waals surface area (Å²) in [7, 11) is 1.38. The summed E-state index contributed by atoms with van der Waals surface area (Å²) in [6, 6.07) is 3.12. The van der Waals surface area contributed by atoms with Crippen LogP contribution in [0.15, 0.2) is 16.9 Å². The lowest BCUT2D eigenvalue weighted by atomic mass is 9.91. The number of ether oxygens (including phenoxy) is 1. The van der Waals surface area contributed by atoms with Gasteiger partial charge in [0.15, 0.2) is 0 Å². The second-order valence-electron chi connectivity index (χ2n) is 4.61. The fraction of sp³-hybridized carbons (Fsp3) is 0.538. The van der Waals surface area contributed by atoms with Crippen LogP contribution >= 0.6 is 0 Å². The van der Waals surface area contributed by atoms with Crippen LogP contribution < -0.4 is 10.9 Å². The van der Waals surface area contributed by atoms with E-state index in [4.69, 9.17) is 4.74 Å². The highest BCUT2D eigenvalue weighted by Gasteiger charge is 2.24. The first-order chi connectivity index (χ1) is 8.61. The molecular formula is C13H18N2O3. The fourth-order valence-corrected chi connectivity index (χ4v) is 2.42. The predicted octanol–water partition coefficient (Wildman–Crippen LogP) is 0.903. The standard InChI is InChI=1S/C13H18N2O3/c1-8(13(17)18-2)14-10-4-3-5-11-9(10)6-7-12(16)15-11/h6-8,10,14H,3-5H2,1-2H3,(H,15,16)/t8-,10?/m0/s1. The van der Waals surface area contributed by atoms with E-state index in [0.29, 0.717) is 0 Å². The maximum absolute atomic E-state index is 11.4. The van der Waals surface area contributed by atoms with Gasteiger partial charge in [0.05, 0.1) is 7.11 Å². The van der Waals surface area contributed by atoms with E-state index in [1.807, 2.05) is 6.07 Å². The third kappa shape index (κ3) is 2.61. The first-order valence-electron chi connectivity index (χ1n) is 6.18. The minimum absolute atomic E-state index is 0.0737. The number of H-pyrrole nitrogens is 1. The highest BCUT2D eigenvalue weighted by molar-refractivity contribution is 5.75. The molecule has 0 saturated heterocycles. The van der Waals surface area contributed by atoms with Gasteiger partial charge in [-0.25, -0.2) is 0 Å². The van der Waals surface area contributed by atoms with Gasteiger partial charge in [0.25, 0.3) is 0 Å². The number of hydrogen-bond acceptors (Lipinski definition) is 4. The zero-order valence-electron chi connectivity index (χ0n) is 10.7. The molecule has 0 spiro atoms. The van der Waals surface area contributed by atoms with Crippen molar-refractivity contribution in [2.24, 2.45) is 0 Å². The highest BCUT2D eigenvalue weighted by atomic mass is 16.5. The van der Waals surface area contributed by atoms with E-state index in [2.05, 4.69) is 10.3 Å². The molecule has 0 amide bonds. The van der Waals surface area contributed by atoms with Gasteiger partial charge in [0, 0.05) is 17.8 Å². The minimum Gasteiger partial charge on any atom is -0.468 e. The number of aromatic nitrogens is 1. The molecule has 0 aromatic carbocycles. The topological polar surface area (TPSA) is 71.2 Å². The maximum Gasteiger partial charge on any atom is 0.322 e. The van der Waals surface area contributed by atoms with Crippen molar-refractivity contribution in [3.63, 3.8) is 0 Å². The Bertz CT molecular complexity index is 495. The Labute approximate surface area is 106 Å². The Balaban J connectivity index is 2.17. The molecule has 0 saturated carbocycles. The molecule has 5 nitrogen and oxygen atoms in total. The number of methoxy groups -OCH3 is 1. The van der Waals surface area contributed by atoms with Crippen molar-refractivity contribution in [3.8, 4) is 0 Å². The summed E-state index contributed by atoms with van der Waals surface area (Å²) in [4.78, 5) is 25.5. The number of carbonyl (C=O) groups excluding carboxylic acids is 1. The predicted molar refractivity (Wildman–Crippen MR) is 67.4 cm³/mol. The van der Waals surface area contributed by atoms with Gasteiger partial charge in [-0.05, 0) is 31.7 Å². The number of hydrogen-bond donors (Lipinski definition) is 2. The van der Waals surface area contributed by atoms with Gasteiger partial charge in [-0.2, -0.15) is 0 Å². The molecule has 0 aliphatic heterocycles. The summed E-state index contributed by atoms with van der Waals surface area (Å²) in [6.07, 6.45) is 2.84. The molecule has 1 aliphatic rings. The molecule has 18 heavy (non-hydrogen) atoms. The van der Waals surface area contributed by atoms with Crippen LogP contribution in [0.3, 0.4) is 0 Å². The van der Waals surface area contributed by atoms with Crippen molar-refractivity contribution in [1.29, 1.82) is 0 Å². The number of rotatable bonds is 3. The van der Waals surface area contributed by atoms with Gasteiger partial charge in [-0.3, -0.25) is 14.9 Å². The Morgan fingerprint density at radius 3 is 3.06 bits per heavy atom. The number of aryl methyl sites for hydroxylation is 1. The van der Waals surface area contributed by atoms with Crippen molar-refractivity contribution >= 4 is 5.97 Å². The lowest BCUT2D eigenvalue weighted by Gasteiger charge is -2.27. The molecule has 5 heteroatoms. The zero-order valence-corrected chi connectivity index (χ0v) is 10.7. The van der Waals surface area contributed by atoms with Gasteiger partial charge in [-0.1, -0.05) is 6.07 Å². The van der Waals surface area contributed by atoms with E-state index in [-0.39, 0.29) is 23.6 Å². The number of aromatic amines is 1. The first kappa shape index (κ1) is 12.8. The highest BCUT2D eigenvalue weighted by Crippen LogP contribution is 2.27. The molecule has 1 aliphatic carbocycles. The monoisotopic (exact) mass is 250 g/mol. The molecule has 1 aromatic heterocycles. The number of nitrogens with one attached hydrogen (secondary N) is 2. The van der Waals surface area contributed by atoms with Crippen LogP contribution in [-0.2, 0) is 16.0 Å². The average Bonchev–Trinajstić information content (AvgIpc) is 2.37. The SMILES string of the molecule is COC(=O)[C@H](C)NC1CCCc2[nH]c(=O)ccc21. The summed E-state index contributed by atoms with van der Waals surface area (Å²) >= 11 is 0. The lowest BCUT2D eigenvalue weighted by molar-refractivity contribution is -0.142. The lowest BCUT2D eigenvalue weighted by Crippen LogP contribution is -2.39. The summed E-state index contributed by atoms with van der Waals surface area (Å²) in [5.41, 5.74) is 1.98. The van der Waals surface area contributed by atoms with Gasteiger partial charge >= 0.3 is 5.97 Å². The summed E-state index contributed by atoms with van der Waals surface area (Å²) in [6.45, 7) is 1.78. The molecule has 0 radical (unpaired) electrons. The number of pyridine rings is 1. The van der Waals surface area contributed by atoms with Crippen molar-refractivity contribution in [3.05, 3.63) is 33.7 Å². The molecular weight excluding hydrogens is 232 g/mol. The molecule has 1 aromatic rings. The van der Waals surface area contributed by atoms with Gasteiger partial charge in [0.1, 0.15) is 6.04 Å². The van der Waals surface area contributed by atoms with Crippen molar-refractivity contribution < 1.29 is 9.53 Å². The Hall–Kier alpha value is -1.62. The zero-order chi connectivity index (χ0) is 13.1. The van der Waals surface area contributed by atoms with E-state index < -0.39 is 0 Å². The van der Waals surface area contributed by atoms with Crippen molar-refractivity contribution in [1.82, 2.24) is 10.3 Å². The number of carbonyl (C=O) groups is 1. The number of fused-ring (bicyclic) bond motifs is 1. The normalized spacial score (nSPS) is 20.0. The minimum atomic E-state index is -0.349. The quantitative estimate of drug-likeness (QED) is 0.782. The molecule has 2 N–H and O–H groups in total. The largest absolute Gasteiger partial charge is 0.468 e. The van der Waals surface area contributed by atoms with Gasteiger partial charge in [-0.15, -0.1) is 0 Å². The summed E-state index contributed by atoms with van der Waals surface area (Å²) < 4.78 is 4.70. The molecule has 0 bridgehead atoms. The van der Waals surface area contributed by atoms with Crippen LogP contribution in [0.1, 0.15) is 37.1 Å². The molecule has 98 valence electrons. The van der Waals surface area contributed by atoms with Crippen molar-refractivity contribution in [2.75, 3.05) is 7.11 Å². The van der Waals surface area contributed by atoms with Gasteiger partial charge in [0.2, 0.25) is 5.56 Å². The van der Waals surface area contributed by atoms with Crippen LogP contribution in [0, 0.1) is 0 Å². The smallest absolute Gasteiger partial charge is 0.322 e. The molecule has 2 atom stereocenters. The van der Waals surface area contributed by atoms with Crippen molar-refractivity contribution in [2.45, 2.75) is 38.3 Å². The van der Waals surface area contributed by atoms with E-state index in [1.165, 1.54) is 13.2 Å². The maximum atomic E-state index is 11.4. The van der Waals surface area contributed by atoms with E-state index in [9.17, 15) is 9.59 Å². The summed E-state index contributed by atoms with van der Waals surface area (Å²) in [5.74, 6) is -0.272. The van der Waals surface area contributed by atoms with E-state index in [1.54, 1.807) is 6.92 Å². The fourth-order valence-electron chi connectivity index (χ4n) is 2.42. The van der Waals surface area contributed by atoms with E-state index in [0.717, 1.165) is 30.5 Å². The van der Waals surface area contributed by atoms with Crippen LogP contribution in [0.5, 0.6) is 0 Å². The second-order valence-corrected chi connectivity index (χ2v) is 4.61. The van der Waals surface area contributed by atoms with Crippen LogP contribution in [0.2, 0.25) is 0 Å². The Morgan fingerprint density at radius 2 is 2.33 bits per heavy atom. The van der Waals surface area contributed by atoms with Gasteiger partial charge < -0.3 is 9.72 Å². The van der Waals surface area contributed by atoms with Crippen LogP contribution in [-0.4, -0.2) is 24.1 Å². The number of esters is 1.